The van der Waals surface area contributed by atoms with E-state index in [2.05, 4.69) is 10.4 Å². The second-order valence-electron chi connectivity index (χ2n) is 6.50. The predicted octanol–water partition coefficient (Wildman–Crippen LogP) is 2.30. The Morgan fingerprint density at radius 3 is 2.89 bits per heavy atom. The first-order valence-electron chi connectivity index (χ1n) is 9.06. The molecular formula is C20H19FN4O3. The highest BCUT2D eigenvalue weighted by Crippen LogP contribution is 2.20. The van der Waals surface area contributed by atoms with Gasteiger partial charge in [0.2, 0.25) is 5.91 Å². The van der Waals surface area contributed by atoms with Gasteiger partial charge in [0.05, 0.1) is 11.8 Å². The molecule has 4 rings (SSSR count). The van der Waals surface area contributed by atoms with Crippen LogP contribution in [0.25, 0.3) is 16.6 Å². The first-order valence-corrected chi connectivity index (χ1v) is 9.06. The van der Waals surface area contributed by atoms with E-state index < -0.39 is 0 Å². The summed E-state index contributed by atoms with van der Waals surface area (Å²) < 4.78 is 21.5. The SMILES string of the molecule is CCc1nn(CC(=O)NCCc2cccc(F)c2)c(=O)c2cc3occc3n12. The predicted molar refractivity (Wildman–Crippen MR) is 102 cm³/mol. The molecule has 0 radical (unpaired) electrons. The number of amides is 1. The van der Waals surface area contributed by atoms with Crippen LogP contribution in [0.3, 0.4) is 0 Å². The van der Waals surface area contributed by atoms with Gasteiger partial charge in [-0.05, 0) is 24.1 Å². The number of benzene rings is 1. The normalized spacial score (nSPS) is 11.4. The highest BCUT2D eigenvalue weighted by Gasteiger charge is 2.16. The topological polar surface area (TPSA) is 81.5 Å². The number of hydrogen-bond acceptors (Lipinski definition) is 4. The van der Waals surface area contributed by atoms with E-state index in [0.717, 1.165) is 11.1 Å². The van der Waals surface area contributed by atoms with Gasteiger partial charge < -0.3 is 9.73 Å². The summed E-state index contributed by atoms with van der Waals surface area (Å²) in [6.45, 7) is 2.09. The van der Waals surface area contributed by atoms with Crippen LogP contribution in [0.4, 0.5) is 4.39 Å². The molecule has 0 atom stereocenters. The minimum absolute atomic E-state index is 0.183. The van der Waals surface area contributed by atoms with Crippen molar-refractivity contribution < 1.29 is 13.6 Å². The minimum Gasteiger partial charge on any atom is -0.463 e. The maximum atomic E-state index is 13.2. The number of nitrogens with one attached hydrogen (secondary N) is 1. The minimum atomic E-state index is -0.358. The quantitative estimate of drug-likeness (QED) is 0.555. The number of halogens is 1. The van der Waals surface area contributed by atoms with Crippen molar-refractivity contribution in [2.75, 3.05) is 6.54 Å². The third-order valence-electron chi connectivity index (χ3n) is 4.61. The highest BCUT2D eigenvalue weighted by molar-refractivity contribution is 5.82. The summed E-state index contributed by atoms with van der Waals surface area (Å²) in [5.74, 6) is 0.0316. The molecule has 7 nitrogen and oxygen atoms in total. The van der Waals surface area contributed by atoms with Crippen molar-refractivity contribution in [2.24, 2.45) is 0 Å². The van der Waals surface area contributed by atoms with E-state index in [9.17, 15) is 14.0 Å². The number of rotatable bonds is 6. The van der Waals surface area contributed by atoms with Crippen LogP contribution in [0.15, 0.2) is 51.9 Å². The largest absolute Gasteiger partial charge is 0.463 e. The molecule has 0 spiro atoms. The molecule has 0 unspecified atom stereocenters. The second-order valence-corrected chi connectivity index (χ2v) is 6.50. The Kier molecular flexibility index (Phi) is 4.68. The number of aromatic nitrogens is 3. The summed E-state index contributed by atoms with van der Waals surface area (Å²) in [6.07, 6.45) is 2.65. The van der Waals surface area contributed by atoms with E-state index in [1.807, 2.05) is 6.92 Å². The Morgan fingerprint density at radius 1 is 1.25 bits per heavy atom. The number of hydrogen-bond donors (Lipinski definition) is 1. The summed E-state index contributed by atoms with van der Waals surface area (Å²) in [4.78, 5) is 25.0. The molecule has 8 heteroatoms. The molecule has 3 heterocycles. The van der Waals surface area contributed by atoms with E-state index in [1.54, 1.807) is 34.9 Å². The molecule has 1 aromatic carbocycles. The summed E-state index contributed by atoms with van der Waals surface area (Å²) in [6, 6.07) is 9.68. The Bertz CT molecular complexity index is 1220. The first kappa shape index (κ1) is 18.0. The summed E-state index contributed by atoms with van der Waals surface area (Å²) in [5.41, 5.74) is 2.24. The molecule has 0 saturated heterocycles. The number of carbonyl (C=O) groups is 1. The van der Waals surface area contributed by atoms with Crippen LogP contribution >= 0.6 is 0 Å². The lowest BCUT2D eigenvalue weighted by atomic mass is 10.1. The van der Waals surface area contributed by atoms with Gasteiger partial charge in [0.1, 0.15) is 23.7 Å². The standard InChI is InChI=1S/C20H19FN4O3/c1-2-18-23-24(20(27)16-11-17-15(25(16)18)7-9-28-17)12-19(26)22-8-6-13-4-3-5-14(21)10-13/h3-5,7,9-11H,2,6,8,12H2,1H3,(H,22,26). The van der Waals surface area contributed by atoms with Crippen LogP contribution in [-0.2, 0) is 24.2 Å². The van der Waals surface area contributed by atoms with E-state index >= 15 is 0 Å². The van der Waals surface area contributed by atoms with Crippen LogP contribution in [-0.4, -0.2) is 26.6 Å². The first-order chi connectivity index (χ1) is 13.6. The molecule has 144 valence electrons. The number of fused-ring (bicyclic) bond motifs is 3. The molecule has 0 fully saturated rings. The number of carbonyl (C=O) groups excluding carboxylic acids is 1. The van der Waals surface area contributed by atoms with Gasteiger partial charge in [-0.15, -0.1) is 0 Å². The van der Waals surface area contributed by atoms with Crippen molar-refractivity contribution in [3.05, 3.63) is 70.2 Å². The Hall–Kier alpha value is -3.42. The monoisotopic (exact) mass is 382 g/mol. The molecule has 28 heavy (non-hydrogen) atoms. The van der Waals surface area contributed by atoms with Crippen molar-refractivity contribution in [3.63, 3.8) is 0 Å². The molecule has 4 aromatic rings. The van der Waals surface area contributed by atoms with Crippen LogP contribution in [0.2, 0.25) is 0 Å². The third kappa shape index (κ3) is 3.28. The molecule has 1 amide bonds. The fraction of sp³-hybridized carbons (Fsp3) is 0.250. The van der Waals surface area contributed by atoms with E-state index in [1.165, 1.54) is 16.8 Å². The molecule has 3 aromatic heterocycles. The lowest BCUT2D eigenvalue weighted by Gasteiger charge is -2.10. The smallest absolute Gasteiger partial charge is 0.291 e. The fourth-order valence-corrected chi connectivity index (χ4v) is 3.29. The molecule has 1 N–H and O–H groups in total. The van der Waals surface area contributed by atoms with E-state index in [4.69, 9.17) is 4.42 Å². The number of nitrogens with zero attached hydrogens (tertiary/aromatic N) is 3. The van der Waals surface area contributed by atoms with E-state index in [-0.39, 0.29) is 23.8 Å². The second kappa shape index (κ2) is 7.30. The Morgan fingerprint density at radius 2 is 2.11 bits per heavy atom. The molecular weight excluding hydrogens is 363 g/mol. The Labute approximate surface area is 159 Å². The summed E-state index contributed by atoms with van der Waals surface area (Å²) in [7, 11) is 0. The van der Waals surface area contributed by atoms with Gasteiger partial charge in [-0.3, -0.25) is 14.0 Å². The van der Waals surface area contributed by atoms with Crippen LogP contribution in [0.5, 0.6) is 0 Å². The van der Waals surface area contributed by atoms with Crippen molar-refractivity contribution in [2.45, 2.75) is 26.3 Å². The number of furan rings is 1. The molecule has 0 aliphatic carbocycles. The average Bonchev–Trinajstić information content (AvgIpc) is 3.26. The zero-order chi connectivity index (χ0) is 19.7. The van der Waals surface area contributed by atoms with Crippen LogP contribution in [0.1, 0.15) is 18.3 Å². The summed E-state index contributed by atoms with van der Waals surface area (Å²) in [5, 5.41) is 7.10. The zero-order valence-corrected chi connectivity index (χ0v) is 15.3. The van der Waals surface area contributed by atoms with Gasteiger partial charge in [-0.25, -0.2) is 9.07 Å². The van der Waals surface area contributed by atoms with Gasteiger partial charge in [-0.2, -0.15) is 5.10 Å². The zero-order valence-electron chi connectivity index (χ0n) is 15.3. The van der Waals surface area contributed by atoms with E-state index in [0.29, 0.717) is 36.3 Å². The molecule has 0 saturated carbocycles. The van der Waals surface area contributed by atoms with Crippen molar-refractivity contribution in [3.8, 4) is 0 Å². The van der Waals surface area contributed by atoms with Gasteiger partial charge in [0.25, 0.3) is 5.56 Å². The summed E-state index contributed by atoms with van der Waals surface area (Å²) >= 11 is 0. The van der Waals surface area contributed by atoms with Crippen LogP contribution < -0.4 is 10.9 Å². The van der Waals surface area contributed by atoms with Crippen LogP contribution in [0, 0.1) is 5.82 Å². The number of aryl methyl sites for hydroxylation is 1. The maximum Gasteiger partial charge on any atom is 0.291 e. The highest BCUT2D eigenvalue weighted by atomic mass is 19.1. The van der Waals surface area contributed by atoms with Crippen molar-refractivity contribution in [1.29, 1.82) is 0 Å². The van der Waals surface area contributed by atoms with Gasteiger partial charge in [-0.1, -0.05) is 19.1 Å². The maximum absolute atomic E-state index is 13.2. The lowest BCUT2D eigenvalue weighted by molar-refractivity contribution is -0.121. The molecule has 0 aliphatic heterocycles. The average molecular weight is 382 g/mol. The van der Waals surface area contributed by atoms with Crippen molar-refractivity contribution in [1.82, 2.24) is 19.5 Å². The lowest BCUT2D eigenvalue weighted by Crippen LogP contribution is -2.36. The Balaban J connectivity index is 1.51. The molecule has 0 aliphatic rings. The van der Waals surface area contributed by atoms with Gasteiger partial charge in [0, 0.05) is 25.1 Å². The third-order valence-corrected chi connectivity index (χ3v) is 4.61. The van der Waals surface area contributed by atoms with Gasteiger partial charge in [0.15, 0.2) is 5.58 Å². The molecule has 0 bridgehead atoms. The van der Waals surface area contributed by atoms with Gasteiger partial charge >= 0.3 is 0 Å². The fourth-order valence-electron chi connectivity index (χ4n) is 3.29. The van der Waals surface area contributed by atoms with Crippen molar-refractivity contribution >= 4 is 22.5 Å².